The van der Waals surface area contributed by atoms with Crippen molar-refractivity contribution in [3.63, 3.8) is 0 Å². The van der Waals surface area contributed by atoms with Gasteiger partial charge in [-0.3, -0.25) is 4.90 Å². The summed E-state index contributed by atoms with van der Waals surface area (Å²) >= 11 is 0. The normalized spacial score (nSPS) is 25.6. The van der Waals surface area contributed by atoms with Crippen LogP contribution in [0.2, 0.25) is 0 Å². The number of aliphatic hydroxyl groups excluding tert-OH is 1. The maximum Gasteiger partial charge on any atom is 0.0623 e. The summed E-state index contributed by atoms with van der Waals surface area (Å²) in [7, 11) is 1.94. The van der Waals surface area contributed by atoms with Crippen LogP contribution < -0.4 is 5.32 Å². The molecule has 3 heteroatoms. The smallest absolute Gasteiger partial charge is 0.0623 e. The topological polar surface area (TPSA) is 35.5 Å². The van der Waals surface area contributed by atoms with Crippen molar-refractivity contribution in [3.05, 3.63) is 0 Å². The highest BCUT2D eigenvalue weighted by Gasteiger charge is 2.37. The lowest BCUT2D eigenvalue weighted by Crippen LogP contribution is -2.53. The monoisotopic (exact) mass is 212 g/mol. The van der Waals surface area contributed by atoms with E-state index in [9.17, 15) is 5.11 Å². The maximum absolute atomic E-state index is 9.40. The molecule has 2 rings (SSSR count). The Balaban J connectivity index is 1.86. The van der Waals surface area contributed by atoms with Crippen molar-refractivity contribution in [2.45, 2.75) is 44.2 Å². The van der Waals surface area contributed by atoms with Gasteiger partial charge in [-0.25, -0.2) is 0 Å². The first kappa shape index (κ1) is 11.4. The van der Waals surface area contributed by atoms with E-state index in [2.05, 4.69) is 17.1 Å². The fraction of sp³-hybridized carbons (Fsp3) is 1.00. The Morgan fingerprint density at radius 3 is 2.40 bits per heavy atom. The van der Waals surface area contributed by atoms with Crippen LogP contribution >= 0.6 is 0 Å². The number of nitrogens with one attached hydrogen (secondary N) is 1. The van der Waals surface area contributed by atoms with Crippen LogP contribution in [0.25, 0.3) is 0 Å². The number of hydrogen-bond donors (Lipinski definition) is 2. The van der Waals surface area contributed by atoms with Gasteiger partial charge in [-0.1, -0.05) is 0 Å². The molecular weight excluding hydrogens is 188 g/mol. The molecule has 1 atom stereocenters. The number of rotatable bonds is 7. The van der Waals surface area contributed by atoms with Gasteiger partial charge in [0.2, 0.25) is 0 Å². The maximum atomic E-state index is 9.40. The number of aliphatic hydroxyl groups is 1. The molecule has 0 bridgehead atoms. The fourth-order valence-corrected chi connectivity index (χ4v) is 2.07. The summed E-state index contributed by atoms with van der Waals surface area (Å²) in [6.07, 6.45) is 5.55. The molecule has 0 spiro atoms. The third kappa shape index (κ3) is 3.16. The molecule has 2 fully saturated rings. The molecule has 0 radical (unpaired) electrons. The van der Waals surface area contributed by atoms with Crippen molar-refractivity contribution >= 4 is 0 Å². The minimum Gasteiger partial charge on any atom is -0.394 e. The van der Waals surface area contributed by atoms with E-state index in [0.717, 1.165) is 18.5 Å². The second-order valence-electron chi connectivity index (χ2n) is 5.57. The summed E-state index contributed by atoms with van der Waals surface area (Å²) in [6, 6.07) is 0.810. The molecule has 0 aromatic carbocycles. The molecule has 0 heterocycles. The number of hydrogen-bond acceptors (Lipinski definition) is 3. The Bertz CT molecular complexity index is 208. The van der Waals surface area contributed by atoms with E-state index >= 15 is 0 Å². The predicted octanol–water partition coefficient (Wildman–Crippen LogP) is 0.831. The molecule has 15 heavy (non-hydrogen) atoms. The zero-order valence-corrected chi connectivity index (χ0v) is 10.00. The van der Waals surface area contributed by atoms with Crippen LogP contribution in [-0.4, -0.2) is 48.3 Å². The van der Waals surface area contributed by atoms with Gasteiger partial charge in [-0.2, -0.15) is 0 Å². The van der Waals surface area contributed by atoms with Crippen LogP contribution in [-0.2, 0) is 0 Å². The van der Waals surface area contributed by atoms with Gasteiger partial charge in [0, 0.05) is 19.1 Å². The molecule has 2 saturated carbocycles. The van der Waals surface area contributed by atoms with Crippen molar-refractivity contribution < 1.29 is 5.11 Å². The van der Waals surface area contributed by atoms with Crippen molar-refractivity contribution in [1.82, 2.24) is 10.2 Å². The van der Waals surface area contributed by atoms with Crippen LogP contribution in [0.4, 0.5) is 0 Å². The van der Waals surface area contributed by atoms with Gasteiger partial charge in [-0.05, 0) is 45.6 Å². The van der Waals surface area contributed by atoms with Crippen LogP contribution in [0.5, 0.6) is 0 Å². The van der Waals surface area contributed by atoms with Gasteiger partial charge >= 0.3 is 0 Å². The molecule has 0 aliphatic heterocycles. The van der Waals surface area contributed by atoms with Crippen molar-refractivity contribution in [1.29, 1.82) is 0 Å². The van der Waals surface area contributed by atoms with Crippen LogP contribution in [0, 0.1) is 5.92 Å². The van der Waals surface area contributed by atoms with Crippen LogP contribution in [0.3, 0.4) is 0 Å². The Morgan fingerprint density at radius 2 is 2.00 bits per heavy atom. The first-order valence-electron chi connectivity index (χ1n) is 6.21. The second-order valence-corrected chi connectivity index (χ2v) is 5.57. The minimum atomic E-state index is -0.127. The van der Waals surface area contributed by atoms with Gasteiger partial charge in [-0.15, -0.1) is 0 Å². The van der Waals surface area contributed by atoms with Gasteiger partial charge in [0.05, 0.1) is 12.1 Å². The SMILES string of the molecule is CNC(C)(CO)CN(CC1CC1)C1CC1. The van der Waals surface area contributed by atoms with Crippen LogP contribution in [0.15, 0.2) is 0 Å². The van der Waals surface area contributed by atoms with Gasteiger partial charge in [0.15, 0.2) is 0 Å². The molecule has 0 amide bonds. The highest BCUT2D eigenvalue weighted by atomic mass is 16.3. The largest absolute Gasteiger partial charge is 0.394 e. The Hall–Kier alpha value is -0.120. The average Bonchev–Trinajstić information content (AvgIpc) is 3.07. The quantitative estimate of drug-likeness (QED) is 0.656. The van der Waals surface area contributed by atoms with E-state index in [1.54, 1.807) is 0 Å². The first-order chi connectivity index (χ1) is 7.17. The summed E-state index contributed by atoms with van der Waals surface area (Å²) in [4.78, 5) is 2.59. The summed E-state index contributed by atoms with van der Waals surface area (Å²) in [6.45, 7) is 4.57. The molecule has 2 N–H and O–H groups in total. The molecule has 0 aromatic rings. The summed E-state index contributed by atoms with van der Waals surface area (Å²) in [5.74, 6) is 0.949. The van der Waals surface area contributed by atoms with Crippen molar-refractivity contribution in [2.75, 3.05) is 26.7 Å². The fourth-order valence-electron chi connectivity index (χ4n) is 2.07. The molecule has 2 aliphatic carbocycles. The summed E-state index contributed by atoms with van der Waals surface area (Å²) in [5, 5.41) is 12.6. The van der Waals surface area contributed by atoms with E-state index in [1.807, 2.05) is 7.05 Å². The predicted molar refractivity (Wildman–Crippen MR) is 61.9 cm³/mol. The Kier molecular flexibility index (Phi) is 3.33. The van der Waals surface area contributed by atoms with E-state index < -0.39 is 0 Å². The number of likely N-dealkylation sites (N-methyl/N-ethyl adjacent to an activating group) is 1. The molecule has 0 aromatic heterocycles. The van der Waals surface area contributed by atoms with Crippen molar-refractivity contribution in [2.24, 2.45) is 5.92 Å². The molecule has 3 nitrogen and oxygen atoms in total. The third-order valence-corrected chi connectivity index (χ3v) is 3.76. The zero-order chi connectivity index (χ0) is 10.9. The lowest BCUT2D eigenvalue weighted by molar-refractivity contribution is 0.118. The molecule has 0 saturated heterocycles. The molecule has 88 valence electrons. The van der Waals surface area contributed by atoms with E-state index in [1.165, 1.54) is 32.2 Å². The second kappa shape index (κ2) is 4.40. The summed E-state index contributed by atoms with van der Waals surface area (Å²) in [5.41, 5.74) is -0.127. The summed E-state index contributed by atoms with van der Waals surface area (Å²) < 4.78 is 0. The third-order valence-electron chi connectivity index (χ3n) is 3.76. The number of nitrogens with zero attached hydrogens (tertiary/aromatic N) is 1. The zero-order valence-electron chi connectivity index (χ0n) is 10.00. The highest BCUT2D eigenvalue weighted by Crippen LogP contribution is 2.35. The average molecular weight is 212 g/mol. The molecule has 2 aliphatic rings. The molecule has 1 unspecified atom stereocenters. The Morgan fingerprint density at radius 1 is 1.33 bits per heavy atom. The standard InChI is InChI=1S/C12H24N2O/c1-12(9-15,13-2)8-14(11-5-6-11)7-10-3-4-10/h10-11,13,15H,3-9H2,1-2H3. The Labute approximate surface area is 92.8 Å². The van der Waals surface area contributed by atoms with Gasteiger partial charge < -0.3 is 10.4 Å². The van der Waals surface area contributed by atoms with Crippen LogP contribution in [0.1, 0.15) is 32.6 Å². The van der Waals surface area contributed by atoms with E-state index in [-0.39, 0.29) is 12.1 Å². The van der Waals surface area contributed by atoms with Crippen molar-refractivity contribution in [3.8, 4) is 0 Å². The van der Waals surface area contributed by atoms with Gasteiger partial charge in [0.25, 0.3) is 0 Å². The minimum absolute atomic E-state index is 0.127. The lowest BCUT2D eigenvalue weighted by Gasteiger charge is -2.34. The highest BCUT2D eigenvalue weighted by molar-refractivity contribution is 4.94. The first-order valence-corrected chi connectivity index (χ1v) is 6.21. The lowest BCUT2D eigenvalue weighted by atomic mass is 10.0. The van der Waals surface area contributed by atoms with E-state index in [4.69, 9.17) is 0 Å². The van der Waals surface area contributed by atoms with E-state index in [0.29, 0.717) is 0 Å². The van der Waals surface area contributed by atoms with Gasteiger partial charge in [0.1, 0.15) is 0 Å². The molecular formula is C12H24N2O.